The van der Waals surface area contributed by atoms with Gasteiger partial charge < -0.3 is 5.32 Å². The lowest BCUT2D eigenvalue weighted by molar-refractivity contribution is 0.162. The maximum absolute atomic E-state index is 3.50. The number of nitrogens with one attached hydrogen (secondary N) is 1. The summed E-state index contributed by atoms with van der Waals surface area (Å²) in [6.45, 7) is 1.29. The predicted molar refractivity (Wildman–Crippen MR) is 46.7 cm³/mol. The summed E-state index contributed by atoms with van der Waals surface area (Å²) < 4.78 is 0.767. The van der Waals surface area contributed by atoms with Crippen LogP contribution in [0.1, 0.15) is 25.7 Å². The van der Waals surface area contributed by atoms with E-state index >= 15 is 0 Å². The van der Waals surface area contributed by atoms with E-state index in [2.05, 4.69) is 27.9 Å². The molecule has 9 heavy (non-hydrogen) atoms. The third kappa shape index (κ3) is 1.00. The molecule has 2 aliphatic rings. The molecule has 0 aromatic heterocycles. The third-order valence-electron chi connectivity index (χ3n) is 2.72. The molecule has 1 N–H and O–H groups in total. The lowest BCUT2D eigenvalue weighted by atomic mass is 9.68. The number of hydrogen-bond acceptors (Lipinski definition) is 1. The summed E-state index contributed by atoms with van der Waals surface area (Å²) in [7, 11) is 0. The summed E-state index contributed by atoms with van der Waals surface area (Å²) in [5.41, 5.74) is 0.770. The van der Waals surface area contributed by atoms with E-state index in [0.717, 1.165) is 9.46 Å². The Morgan fingerprint density at radius 1 is 1.44 bits per heavy atom. The van der Waals surface area contributed by atoms with Crippen molar-refractivity contribution in [3.63, 3.8) is 0 Å². The molecule has 0 aromatic carbocycles. The van der Waals surface area contributed by atoms with Gasteiger partial charge in [0.25, 0.3) is 0 Å². The zero-order chi connectivity index (χ0) is 6.32. The zero-order valence-electron chi connectivity index (χ0n) is 5.49. The van der Waals surface area contributed by atoms with E-state index in [1.807, 2.05) is 0 Å². The molecule has 1 heterocycles. The molecular formula is C7H12IN. The van der Waals surface area contributed by atoms with Crippen LogP contribution in [0.15, 0.2) is 0 Å². The van der Waals surface area contributed by atoms with Crippen LogP contribution in [0, 0.1) is 5.41 Å². The molecule has 1 aliphatic heterocycles. The fourth-order valence-corrected chi connectivity index (χ4v) is 3.06. The maximum Gasteiger partial charge on any atom is 0.0599 e. The van der Waals surface area contributed by atoms with Gasteiger partial charge in [-0.15, -0.1) is 0 Å². The van der Waals surface area contributed by atoms with Crippen molar-refractivity contribution in [2.45, 2.75) is 29.7 Å². The van der Waals surface area contributed by atoms with Gasteiger partial charge in [-0.2, -0.15) is 0 Å². The first-order chi connectivity index (χ1) is 4.31. The first kappa shape index (κ1) is 6.40. The van der Waals surface area contributed by atoms with Crippen molar-refractivity contribution >= 4 is 22.6 Å². The predicted octanol–water partition coefficient (Wildman–Crippen LogP) is 1.91. The third-order valence-corrected chi connectivity index (χ3v) is 3.61. The Labute approximate surface area is 69.7 Å². The smallest absolute Gasteiger partial charge is 0.0599 e. The zero-order valence-corrected chi connectivity index (χ0v) is 7.65. The normalized spacial score (nSPS) is 39.0. The van der Waals surface area contributed by atoms with Gasteiger partial charge in [0.05, 0.1) is 4.05 Å². The van der Waals surface area contributed by atoms with Crippen LogP contribution in [-0.4, -0.2) is 10.6 Å². The summed E-state index contributed by atoms with van der Waals surface area (Å²) in [4.78, 5) is 0. The maximum atomic E-state index is 3.50. The molecule has 0 radical (unpaired) electrons. The molecule has 2 rings (SSSR count). The highest BCUT2D eigenvalue weighted by Gasteiger charge is 2.42. The second-order valence-electron chi connectivity index (χ2n) is 3.41. The van der Waals surface area contributed by atoms with Gasteiger partial charge in [0.2, 0.25) is 0 Å². The van der Waals surface area contributed by atoms with E-state index in [9.17, 15) is 0 Å². The molecule has 0 bridgehead atoms. The van der Waals surface area contributed by atoms with Crippen LogP contribution in [0.4, 0.5) is 0 Å². The first-order valence-electron chi connectivity index (χ1n) is 3.68. The van der Waals surface area contributed by atoms with Crippen molar-refractivity contribution in [3.05, 3.63) is 0 Å². The Morgan fingerprint density at radius 3 is 2.44 bits per heavy atom. The van der Waals surface area contributed by atoms with Crippen LogP contribution in [0.25, 0.3) is 0 Å². The molecule has 1 spiro atoms. The number of halogens is 1. The van der Waals surface area contributed by atoms with Gasteiger partial charge in [-0.1, -0.05) is 29.0 Å². The van der Waals surface area contributed by atoms with Crippen molar-refractivity contribution in [1.29, 1.82) is 0 Å². The van der Waals surface area contributed by atoms with Crippen LogP contribution >= 0.6 is 22.6 Å². The van der Waals surface area contributed by atoms with Gasteiger partial charge in [0, 0.05) is 6.54 Å². The fraction of sp³-hybridized carbons (Fsp3) is 1.00. The minimum absolute atomic E-state index is 0.767. The standard InChI is InChI=1S/C7H12IN/c8-6-4-7(5-9-6)2-1-3-7/h6,9H,1-5H2. The first-order valence-corrected chi connectivity index (χ1v) is 4.93. The molecule has 0 amide bonds. The average Bonchev–Trinajstić information content (AvgIpc) is 2.09. The van der Waals surface area contributed by atoms with E-state index in [0.29, 0.717) is 0 Å². The lowest BCUT2D eigenvalue weighted by Crippen LogP contribution is -2.31. The molecule has 1 nitrogen and oxygen atoms in total. The van der Waals surface area contributed by atoms with Crippen molar-refractivity contribution in [1.82, 2.24) is 5.32 Å². The summed E-state index contributed by atoms with van der Waals surface area (Å²) in [5, 5.41) is 3.50. The van der Waals surface area contributed by atoms with Crippen LogP contribution in [0.2, 0.25) is 0 Å². The summed E-state index contributed by atoms with van der Waals surface area (Å²) in [6.07, 6.45) is 5.87. The van der Waals surface area contributed by atoms with Crippen molar-refractivity contribution in [3.8, 4) is 0 Å². The Bertz CT molecular complexity index is 120. The van der Waals surface area contributed by atoms with Gasteiger partial charge in [-0.25, -0.2) is 0 Å². The summed E-state index contributed by atoms with van der Waals surface area (Å²) >= 11 is 2.50. The van der Waals surface area contributed by atoms with Gasteiger partial charge in [-0.05, 0) is 24.7 Å². The molecule has 1 atom stereocenters. The van der Waals surface area contributed by atoms with E-state index in [4.69, 9.17) is 0 Å². The minimum atomic E-state index is 0.767. The molecular weight excluding hydrogens is 225 g/mol. The Balaban J connectivity index is 1.99. The summed E-state index contributed by atoms with van der Waals surface area (Å²) in [6, 6.07) is 0. The van der Waals surface area contributed by atoms with E-state index in [-0.39, 0.29) is 0 Å². The van der Waals surface area contributed by atoms with Crippen LogP contribution in [0.3, 0.4) is 0 Å². The number of hydrogen-bond donors (Lipinski definition) is 1. The quantitative estimate of drug-likeness (QED) is 0.385. The molecule has 2 fully saturated rings. The SMILES string of the molecule is IC1CC2(CCC2)CN1. The van der Waals surface area contributed by atoms with Gasteiger partial charge in [0.15, 0.2) is 0 Å². The van der Waals surface area contributed by atoms with Gasteiger partial charge in [0.1, 0.15) is 0 Å². The molecule has 52 valence electrons. The molecule has 1 unspecified atom stereocenters. The molecule has 2 heteroatoms. The lowest BCUT2D eigenvalue weighted by Gasteiger charge is -2.37. The highest BCUT2D eigenvalue weighted by atomic mass is 127. The second-order valence-corrected chi connectivity index (χ2v) is 4.91. The molecule has 1 saturated carbocycles. The Kier molecular flexibility index (Phi) is 1.49. The highest BCUT2D eigenvalue weighted by molar-refractivity contribution is 14.1. The fourth-order valence-electron chi connectivity index (χ4n) is 1.91. The largest absolute Gasteiger partial charge is 0.305 e. The van der Waals surface area contributed by atoms with Gasteiger partial charge >= 0.3 is 0 Å². The van der Waals surface area contributed by atoms with Crippen molar-refractivity contribution in [2.75, 3.05) is 6.54 Å². The Hall–Kier alpha value is 0.690. The van der Waals surface area contributed by atoms with E-state index < -0.39 is 0 Å². The van der Waals surface area contributed by atoms with E-state index in [1.54, 1.807) is 0 Å². The molecule has 1 saturated heterocycles. The Morgan fingerprint density at radius 2 is 2.22 bits per heavy atom. The topological polar surface area (TPSA) is 12.0 Å². The average molecular weight is 237 g/mol. The highest BCUT2D eigenvalue weighted by Crippen LogP contribution is 2.47. The second kappa shape index (κ2) is 2.09. The monoisotopic (exact) mass is 237 g/mol. The number of alkyl halides is 1. The molecule has 0 aromatic rings. The van der Waals surface area contributed by atoms with Gasteiger partial charge in [-0.3, -0.25) is 0 Å². The van der Waals surface area contributed by atoms with Crippen LogP contribution in [0.5, 0.6) is 0 Å². The van der Waals surface area contributed by atoms with Crippen LogP contribution < -0.4 is 5.32 Å². The van der Waals surface area contributed by atoms with E-state index in [1.165, 1.54) is 32.2 Å². The molecule has 1 aliphatic carbocycles. The van der Waals surface area contributed by atoms with Crippen molar-refractivity contribution in [2.24, 2.45) is 5.41 Å². The van der Waals surface area contributed by atoms with Crippen molar-refractivity contribution < 1.29 is 0 Å². The minimum Gasteiger partial charge on any atom is -0.305 e. The van der Waals surface area contributed by atoms with Crippen LogP contribution in [-0.2, 0) is 0 Å². The number of rotatable bonds is 0. The summed E-state index contributed by atoms with van der Waals surface area (Å²) in [5.74, 6) is 0.